The molecule has 3 heteroatoms. The van der Waals surface area contributed by atoms with E-state index in [-0.39, 0.29) is 0 Å². The Morgan fingerprint density at radius 2 is 2.00 bits per heavy atom. The Balaban J connectivity index is 1.84. The average molecular weight is 288 g/mol. The first-order chi connectivity index (χ1) is 9.74. The molecule has 1 aliphatic heterocycles. The Kier molecular flexibility index (Phi) is 3.95. The van der Waals surface area contributed by atoms with Gasteiger partial charge in [0.05, 0.1) is 0 Å². The molecule has 1 aliphatic rings. The lowest BCUT2D eigenvalue weighted by Crippen LogP contribution is -2.28. The van der Waals surface area contributed by atoms with Crippen LogP contribution in [0.25, 0.3) is 0 Å². The SMILES string of the molecule is CC(c1cccc(Cl)c1)N1CCOc2ccccc2C1. The summed E-state index contributed by atoms with van der Waals surface area (Å²) in [5.74, 6) is 1.01. The van der Waals surface area contributed by atoms with Gasteiger partial charge in [-0.2, -0.15) is 0 Å². The minimum absolute atomic E-state index is 0.323. The van der Waals surface area contributed by atoms with Gasteiger partial charge in [-0.15, -0.1) is 0 Å². The minimum Gasteiger partial charge on any atom is -0.492 e. The molecule has 1 unspecified atom stereocenters. The lowest BCUT2D eigenvalue weighted by atomic mass is 10.1. The van der Waals surface area contributed by atoms with Crippen molar-refractivity contribution in [1.29, 1.82) is 0 Å². The topological polar surface area (TPSA) is 12.5 Å². The van der Waals surface area contributed by atoms with Gasteiger partial charge in [0.1, 0.15) is 12.4 Å². The second kappa shape index (κ2) is 5.86. The van der Waals surface area contributed by atoms with Crippen molar-refractivity contribution in [2.75, 3.05) is 13.2 Å². The number of hydrogen-bond acceptors (Lipinski definition) is 2. The van der Waals surface area contributed by atoms with Crippen LogP contribution >= 0.6 is 11.6 Å². The van der Waals surface area contributed by atoms with E-state index in [1.807, 2.05) is 30.3 Å². The Bertz CT molecular complexity index is 599. The maximum Gasteiger partial charge on any atom is 0.123 e. The molecule has 0 N–H and O–H groups in total. The van der Waals surface area contributed by atoms with Crippen molar-refractivity contribution in [2.24, 2.45) is 0 Å². The van der Waals surface area contributed by atoms with Crippen LogP contribution in [0, 0.1) is 0 Å². The third-order valence-electron chi connectivity index (χ3n) is 3.86. The summed E-state index contributed by atoms with van der Waals surface area (Å²) in [6.45, 7) is 4.77. The van der Waals surface area contributed by atoms with Crippen molar-refractivity contribution in [3.63, 3.8) is 0 Å². The van der Waals surface area contributed by atoms with Crippen LogP contribution in [0.15, 0.2) is 48.5 Å². The van der Waals surface area contributed by atoms with Crippen molar-refractivity contribution >= 4 is 11.6 Å². The largest absolute Gasteiger partial charge is 0.492 e. The van der Waals surface area contributed by atoms with Crippen LogP contribution in [0.4, 0.5) is 0 Å². The molecule has 0 saturated carbocycles. The lowest BCUT2D eigenvalue weighted by Gasteiger charge is -2.27. The van der Waals surface area contributed by atoms with Gasteiger partial charge < -0.3 is 4.74 Å². The molecule has 0 aromatic heterocycles. The molecule has 1 atom stereocenters. The summed E-state index contributed by atoms with van der Waals surface area (Å²) in [6, 6.07) is 16.7. The zero-order chi connectivity index (χ0) is 13.9. The molecule has 2 aromatic carbocycles. The quantitative estimate of drug-likeness (QED) is 0.817. The smallest absolute Gasteiger partial charge is 0.123 e. The normalized spacial score (nSPS) is 16.9. The molecule has 0 fully saturated rings. The Hall–Kier alpha value is -1.51. The maximum atomic E-state index is 6.10. The van der Waals surface area contributed by atoms with Crippen LogP contribution in [0.2, 0.25) is 5.02 Å². The molecule has 2 nitrogen and oxygen atoms in total. The predicted octanol–water partition coefficient (Wildman–Crippen LogP) is 4.30. The molecule has 1 heterocycles. The second-order valence-electron chi connectivity index (χ2n) is 5.16. The molecule has 0 radical (unpaired) electrons. The summed E-state index contributed by atoms with van der Waals surface area (Å²) in [7, 11) is 0. The van der Waals surface area contributed by atoms with Gasteiger partial charge in [-0.3, -0.25) is 4.90 Å². The third-order valence-corrected chi connectivity index (χ3v) is 4.10. The number of fused-ring (bicyclic) bond motifs is 1. The maximum absolute atomic E-state index is 6.10. The highest BCUT2D eigenvalue weighted by atomic mass is 35.5. The van der Waals surface area contributed by atoms with Gasteiger partial charge in [-0.25, -0.2) is 0 Å². The van der Waals surface area contributed by atoms with E-state index in [2.05, 4.69) is 30.0 Å². The van der Waals surface area contributed by atoms with Gasteiger partial charge >= 0.3 is 0 Å². The summed E-state index contributed by atoms with van der Waals surface area (Å²) in [4.78, 5) is 2.43. The first kappa shape index (κ1) is 13.5. The lowest BCUT2D eigenvalue weighted by molar-refractivity contribution is 0.179. The van der Waals surface area contributed by atoms with Crippen molar-refractivity contribution in [1.82, 2.24) is 4.90 Å². The second-order valence-corrected chi connectivity index (χ2v) is 5.59. The molecule has 0 amide bonds. The summed E-state index contributed by atoms with van der Waals surface area (Å²) < 4.78 is 5.82. The van der Waals surface area contributed by atoms with Gasteiger partial charge in [0.2, 0.25) is 0 Å². The molecule has 3 rings (SSSR count). The fourth-order valence-electron chi connectivity index (χ4n) is 2.65. The number of benzene rings is 2. The fourth-order valence-corrected chi connectivity index (χ4v) is 2.85. The standard InChI is InChI=1S/C17H18ClNO/c1-13(14-6-4-7-16(18)11-14)19-9-10-20-17-8-3-2-5-15(17)12-19/h2-8,11,13H,9-10,12H2,1H3. The predicted molar refractivity (Wildman–Crippen MR) is 82.2 cm³/mol. The molecule has 0 saturated heterocycles. The van der Waals surface area contributed by atoms with Crippen molar-refractivity contribution in [3.05, 3.63) is 64.7 Å². The van der Waals surface area contributed by atoms with E-state index in [4.69, 9.17) is 16.3 Å². The van der Waals surface area contributed by atoms with Gasteiger partial charge in [-0.1, -0.05) is 41.9 Å². The Morgan fingerprint density at radius 3 is 2.85 bits per heavy atom. The van der Waals surface area contributed by atoms with Crippen molar-refractivity contribution in [3.8, 4) is 5.75 Å². The van der Waals surface area contributed by atoms with Gasteiger partial charge in [0, 0.05) is 29.7 Å². The van der Waals surface area contributed by atoms with Crippen molar-refractivity contribution < 1.29 is 4.74 Å². The molecule has 0 aliphatic carbocycles. The summed E-state index contributed by atoms with van der Waals surface area (Å²) in [6.07, 6.45) is 0. The van der Waals surface area contributed by atoms with E-state index < -0.39 is 0 Å². The number of para-hydroxylation sites is 1. The number of nitrogens with zero attached hydrogens (tertiary/aromatic N) is 1. The Labute approximate surface area is 124 Å². The van der Waals surface area contributed by atoms with E-state index in [1.165, 1.54) is 11.1 Å². The first-order valence-corrected chi connectivity index (χ1v) is 7.32. The molecular formula is C17H18ClNO. The molecule has 20 heavy (non-hydrogen) atoms. The number of rotatable bonds is 2. The van der Waals surface area contributed by atoms with Gasteiger partial charge in [0.25, 0.3) is 0 Å². The van der Waals surface area contributed by atoms with Crippen LogP contribution in [-0.4, -0.2) is 18.1 Å². The monoisotopic (exact) mass is 287 g/mol. The van der Waals surface area contributed by atoms with Crippen LogP contribution < -0.4 is 4.74 Å². The first-order valence-electron chi connectivity index (χ1n) is 6.94. The number of halogens is 1. The van der Waals surface area contributed by atoms with E-state index in [0.29, 0.717) is 6.04 Å². The molecule has 2 aromatic rings. The minimum atomic E-state index is 0.323. The summed E-state index contributed by atoms with van der Waals surface area (Å²) >= 11 is 6.10. The van der Waals surface area contributed by atoms with Crippen LogP contribution in [0.1, 0.15) is 24.1 Å². The van der Waals surface area contributed by atoms with E-state index >= 15 is 0 Å². The van der Waals surface area contributed by atoms with Crippen LogP contribution in [0.3, 0.4) is 0 Å². The summed E-state index contributed by atoms with van der Waals surface area (Å²) in [5.41, 5.74) is 2.50. The van der Waals surface area contributed by atoms with E-state index in [0.717, 1.165) is 30.5 Å². The average Bonchev–Trinajstić information content (AvgIpc) is 2.68. The highest BCUT2D eigenvalue weighted by Crippen LogP contribution is 2.29. The highest BCUT2D eigenvalue weighted by Gasteiger charge is 2.20. The molecule has 0 bridgehead atoms. The summed E-state index contributed by atoms with van der Waals surface area (Å²) in [5, 5.41) is 0.792. The van der Waals surface area contributed by atoms with Crippen LogP contribution in [-0.2, 0) is 6.54 Å². The highest BCUT2D eigenvalue weighted by molar-refractivity contribution is 6.30. The van der Waals surface area contributed by atoms with Gasteiger partial charge in [-0.05, 0) is 30.7 Å². The number of hydrogen-bond donors (Lipinski definition) is 0. The van der Waals surface area contributed by atoms with E-state index in [1.54, 1.807) is 0 Å². The number of ether oxygens (including phenoxy) is 1. The fraction of sp³-hybridized carbons (Fsp3) is 0.294. The van der Waals surface area contributed by atoms with Crippen LogP contribution in [0.5, 0.6) is 5.75 Å². The third kappa shape index (κ3) is 2.82. The molecule has 104 valence electrons. The van der Waals surface area contributed by atoms with Crippen molar-refractivity contribution in [2.45, 2.75) is 19.5 Å². The molecular weight excluding hydrogens is 270 g/mol. The van der Waals surface area contributed by atoms with E-state index in [9.17, 15) is 0 Å². The van der Waals surface area contributed by atoms with Gasteiger partial charge in [0.15, 0.2) is 0 Å². The Morgan fingerprint density at radius 1 is 1.15 bits per heavy atom. The zero-order valence-corrected chi connectivity index (χ0v) is 12.3. The molecule has 0 spiro atoms. The zero-order valence-electron chi connectivity index (χ0n) is 11.6.